The highest BCUT2D eigenvalue weighted by Crippen LogP contribution is 2.36. The zero-order valence-electron chi connectivity index (χ0n) is 9.03. The second kappa shape index (κ2) is 5.52. The second-order valence-corrected chi connectivity index (χ2v) is 3.63. The monoisotopic (exact) mass is 223 g/mol. The molecule has 0 bridgehead atoms. The first kappa shape index (κ1) is 11.7. The van der Waals surface area contributed by atoms with Gasteiger partial charge in [-0.15, -0.1) is 11.8 Å². The molecule has 0 saturated heterocycles. The molecule has 0 radical (unpaired) electrons. The summed E-state index contributed by atoms with van der Waals surface area (Å²) in [7, 11) is 3.23. The Kier molecular flexibility index (Phi) is 4.32. The first-order chi connectivity index (χ1) is 7.28. The minimum atomic E-state index is 0.330. The molecule has 0 aliphatic heterocycles. The molecule has 3 nitrogen and oxygen atoms in total. The van der Waals surface area contributed by atoms with E-state index in [2.05, 4.69) is 6.07 Å². The van der Waals surface area contributed by atoms with E-state index in [0.717, 1.165) is 22.0 Å². The number of benzene rings is 1. The van der Waals surface area contributed by atoms with Gasteiger partial charge in [0.25, 0.3) is 0 Å². The van der Waals surface area contributed by atoms with Gasteiger partial charge in [0.15, 0.2) is 0 Å². The maximum absolute atomic E-state index is 8.77. The lowest BCUT2D eigenvalue weighted by Crippen LogP contribution is -1.96. The average molecular weight is 223 g/mol. The molecule has 0 spiro atoms. The molecular weight excluding hydrogens is 210 g/mol. The lowest BCUT2D eigenvalue weighted by Gasteiger charge is -2.13. The van der Waals surface area contributed by atoms with Gasteiger partial charge in [0.05, 0.1) is 31.6 Å². The minimum Gasteiger partial charge on any atom is -0.496 e. The van der Waals surface area contributed by atoms with Crippen molar-refractivity contribution in [2.75, 3.05) is 20.5 Å². The van der Waals surface area contributed by atoms with E-state index in [4.69, 9.17) is 14.7 Å². The Bertz CT molecular complexity index is 385. The van der Waals surface area contributed by atoms with Gasteiger partial charge in [0.1, 0.15) is 11.5 Å². The Morgan fingerprint density at radius 1 is 1.27 bits per heavy atom. The van der Waals surface area contributed by atoms with Crippen molar-refractivity contribution in [2.24, 2.45) is 0 Å². The molecule has 1 aromatic carbocycles. The van der Waals surface area contributed by atoms with E-state index >= 15 is 0 Å². The van der Waals surface area contributed by atoms with Crippen molar-refractivity contribution in [3.8, 4) is 17.6 Å². The van der Waals surface area contributed by atoms with Gasteiger partial charge in [-0.3, -0.25) is 0 Å². The van der Waals surface area contributed by atoms with E-state index in [1.54, 1.807) is 26.0 Å². The number of nitrogens with zero attached hydrogens (tertiary/aromatic N) is 1. The number of rotatable bonds is 4. The highest BCUT2D eigenvalue weighted by atomic mass is 32.2. The molecule has 0 saturated carbocycles. The van der Waals surface area contributed by atoms with Gasteiger partial charge in [-0.2, -0.15) is 5.26 Å². The number of ether oxygens (including phenoxy) is 2. The predicted octanol–water partition coefficient (Wildman–Crippen LogP) is 2.49. The topological polar surface area (TPSA) is 42.2 Å². The van der Waals surface area contributed by atoms with E-state index in [0.29, 0.717) is 6.42 Å². The van der Waals surface area contributed by atoms with Crippen molar-refractivity contribution in [3.05, 3.63) is 17.7 Å². The van der Waals surface area contributed by atoms with Crippen LogP contribution in [-0.2, 0) is 6.42 Å². The fourth-order valence-corrected chi connectivity index (χ4v) is 2.18. The van der Waals surface area contributed by atoms with Gasteiger partial charge in [-0.05, 0) is 18.4 Å². The summed E-state index contributed by atoms with van der Waals surface area (Å²) in [6.07, 6.45) is 2.29. The van der Waals surface area contributed by atoms with Crippen molar-refractivity contribution < 1.29 is 9.47 Å². The summed E-state index contributed by atoms with van der Waals surface area (Å²) >= 11 is 1.56. The number of thioether (sulfide) groups is 1. The number of hydrogen-bond donors (Lipinski definition) is 0. The van der Waals surface area contributed by atoms with E-state index in [1.807, 2.05) is 18.4 Å². The number of methoxy groups -OCH3 is 2. The van der Waals surface area contributed by atoms with Crippen molar-refractivity contribution in [3.63, 3.8) is 0 Å². The Labute approximate surface area is 94.0 Å². The van der Waals surface area contributed by atoms with E-state index in [-0.39, 0.29) is 0 Å². The Hall–Kier alpha value is -1.34. The first-order valence-electron chi connectivity index (χ1n) is 4.43. The largest absolute Gasteiger partial charge is 0.496 e. The highest BCUT2D eigenvalue weighted by molar-refractivity contribution is 7.98. The van der Waals surface area contributed by atoms with Crippen LogP contribution in [0.5, 0.6) is 11.5 Å². The minimum absolute atomic E-state index is 0.330. The van der Waals surface area contributed by atoms with E-state index < -0.39 is 0 Å². The molecular formula is C11H13NO2S. The van der Waals surface area contributed by atoms with Gasteiger partial charge < -0.3 is 9.47 Å². The lowest BCUT2D eigenvalue weighted by molar-refractivity contribution is 0.390. The Morgan fingerprint density at radius 2 is 1.87 bits per heavy atom. The molecule has 80 valence electrons. The molecule has 1 aromatic rings. The third-order valence-electron chi connectivity index (χ3n) is 2.08. The summed E-state index contributed by atoms with van der Waals surface area (Å²) in [5.74, 6) is 1.52. The summed E-state index contributed by atoms with van der Waals surface area (Å²) in [4.78, 5) is 0.971. The molecule has 4 heteroatoms. The first-order valence-corrected chi connectivity index (χ1v) is 5.65. The van der Waals surface area contributed by atoms with Crippen molar-refractivity contribution >= 4 is 11.8 Å². The maximum atomic E-state index is 8.77. The molecule has 0 N–H and O–H groups in total. The summed E-state index contributed by atoms with van der Waals surface area (Å²) in [6.45, 7) is 0. The zero-order chi connectivity index (χ0) is 11.3. The molecule has 0 unspecified atom stereocenters. The third-order valence-corrected chi connectivity index (χ3v) is 2.94. The van der Waals surface area contributed by atoms with Gasteiger partial charge in [0.2, 0.25) is 0 Å². The van der Waals surface area contributed by atoms with Crippen LogP contribution >= 0.6 is 11.8 Å². The van der Waals surface area contributed by atoms with E-state index in [1.165, 1.54) is 0 Å². The maximum Gasteiger partial charge on any atom is 0.132 e. The van der Waals surface area contributed by atoms with Crippen LogP contribution in [0.25, 0.3) is 0 Å². The highest BCUT2D eigenvalue weighted by Gasteiger charge is 2.13. The van der Waals surface area contributed by atoms with Crippen molar-refractivity contribution in [1.29, 1.82) is 5.26 Å². The fraction of sp³-hybridized carbons (Fsp3) is 0.364. The lowest BCUT2D eigenvalue weighted by atomic mass is 10.1. The SMILES string of the molecule is COc1ccc(OC)c(SC)c1CC#N. The summed E-state index contributed by atoms with van der Waals surface area (Å²) in [6, 6.07) is 5.81. The number of hydrogen-bond acceptors (Lipinski definition) is 4. The quantitative estimate of drug-likeness (QED) is 0.735. The Balaban J connectivity index is 3.31. The Morgan fingerprint density at radius 3 is 2.33 bits per heavy atom. The molecule has 15 heavy (non-hydrogen) atoms. The molecule has 1 rings (SSSR count). The average Bonchev–Trinajstić information content (AvgIpc) is 2.28. The molecule has 0 heterocycles. The van der Waals surface area contributed by atoms with Crippen LogP contribution in [0.4, 0.5) is 0 Å². The number of nitriles is 1. The second-order valence-electron chi connectivity index (χ2n) is 2.82. The smallest absolute Gasteiger partial charge is 0.132 e. The fourth-order valence-electron chi connectivity index (χ4n) is 1.41. The molecule has 0 aliphatic carbocycles. The van der Waals surface area contributed by atoms with Crippen LogP contribution in [0, 0.1) is 11.3 Å². The molecule has 0 aromatic heterocycles. The summed E-state index contributed by atoms with van der Waals surface area (Å²) in [5.41, 5.74) is 0.895. The van der Waals surface area contributed by atoms with Gasteiger partial charge in [0, 0.05) is 5.56 Å². The summed E-state index contributed by atoms with van der Waals surface area (Å²) < 4.78 is 10.5. The molecule has 0 fully saturated rings. The molecule has 0 atom stereocenters. The third kappa shape index (κ3) is 2.37. The van der Waals surface area contributed by atoms with Crippen LogP contribution in [0.2, 0.25) is 0 Å². The van der Waals surface area contributed by atoms with Crippen LogP contribution in [0.15, 0.2) is 17.0 Å². The zero-order valence-corrected chi connectivity index (χ0v) is 9.85. The van der Waals surface area contributed by atoms with Gasteiger partial charge >= 0.3 is 0 Å². The standard InChI is InChI=1S/C11H13NO2S/c1-13-9-4-5-10(14-2)11(15-3)8(9)6-7-12/h4-5H,6H2,1-3H3. The van der Waals surface area contributed by atoms with Crippen LogP contribution < -0.4 is 9.47 Å². The predicted molar refractivity (Wildman–Crippen MR) is 60.6 cm³/mol. The van der Waals surface area contributed by atoms with Crippen molar-refractivity contribution in [1.82, 2.24) is 0 Å². The molecule has 0 aliphatic rings. The van der Waals surface area contributed by atoms with Gasteiger partial charge in [-0.1, -0.05) is 0 Å². The molecule has 0 amide bonds. The van der Waals surface area contributed by atoms with Crippen LogP contribution in [0.1, 0.15) is 5.56 Å². The van der Waals surface area contributed by atoms with Crippen LogP contribution in [0.3, 0.4) is 0 Å². The van der Waals surface area contributed by atoms with Crippen LogP contribution in [-0.4, -0.2) is 20.5 Å². The normalized spacial score (nSPS) is 9.47. The summed E-state index contributed by atoms with van der Waals surface area (Å²) in [5, 5.41) is 8.77. The van der Waals surface area contributed by atoms with E-state index in [9.17, 15) is 0 Å². The van der Waals surface area contributed by atoms with Crippen molar-refractivity contribution in [2.45, 2.75) is 11.3 Å². The van der Waals surface area contributed by atoms with Gasteiger partial charge in [-0.25, -0.2) is 0 Å².